The number of carbonyl (C=O) groups excluding carboxylic acids is 1. The average molecular weight is 344 g/mol. The molecule has 2 aromatic rings. The van der Waals surface area contributed by atoms with Gasteiger partial charge in [-0.1, -0.05) is 0 Å². The van der Waals surface area contributed by atoms with Crippen LogP contribution in [0.3, 0.4) is 0 Å². The largest absolute Gasteiger partial charge is 0.480 e. The van der Waals surface area contributed by atoms with E-state index in [1.165, 1.54) is 15.8 Å². The van der Waals surface area contributed by atoms with Crippen molar-refractivity contribution in [2.24, 2.45) is 0 Å². The topological polar surface area (TPSA) is 108 Å². The smallest absolute Gasteiger partial charge is 0.326 e. The number of aryl methyl sites for hydroxylation is 2. The van der Waals surface area contributed by atoms with Crippen LogP contribution in [0.1, 0.15) is 39.9 Å². The minimum absolute atomic E-state index is 0.0293. The zero-order valence-electron chi connectivity index (χ0n) is 14.4. The molecule has 1 aliphatic heterocycles. The Morgan fingerprint density at radius 3 is 2.76 bits per heavy atom. The molecule has 132 valence electrons. The van der Waals surface area contributed by atoms with Crippen LogP contribution in [0, 0.1) is 13.8 Å². The Bertz CT molecular complexity index is 912. The van der Waals surface area contributed by atoms with Crippen molar-refractivity contribution >= 4 is 11.9 Å². The van der Waals surface area contributed by atoms with Crippen molar-refractivity contribution in [3.05, 3.63) is 51.0 Å². The third kappa shape index (κ3) is 2.73. The van der Waals surface area contributed by atoms with Crippen LogP contribution in [0.15, 0.2) is 17.2 Å². The number of H-pyrrole nitrogens is 1. The van der Waals surface area contributed by atoms with Crippen LogP contribution in [-0.2, 0) is 24.3 Å². The van der Waals surface area contributed by atoms with E-state index in [1.54, 1.807) is 13.0 Å². The third-order valence-corrected chi connectivity index (χ3v) is 4.68. The van der Waals surface area contributed by atoms with Gasteiger partial charge in [0.2, 0.25) is 0 Å². The molecule has 8 nitrogen and oxygen atoms in total. The van der Waals surface area contributed by atoms with Gasteiger partial charge < -0.3 is 19.6 Å². The highest BCUT2D eigenvalue weighted by Gasteiger charge is 2.37. The summed E-state index contributed by atoms with van der Waals surface area (Å²) in [5.41, 5.74) is 2.31. The fourth-order valence-corrected chi connectivity index (χ4v) is 3.39. The molecule has 1 aliphatic rings. The molecule has 8 heteroatoms. The summed E-state index contributed by atoms with van der Waals surface area (Å²) in [6.07, 6.45) is 1.60. The summed E-state index contributed by atoms with van der Waals surface area (Å²) in [5.74, 6) is -1.67. The fourth-order valence-electron chi connectivity index (χ4n) is 3.39. The monoisotopic (exact) mass is 344 g/mol. The molecule has 0 aromatic carbocycles. The summed E-state index contributed by atoms with van der Waals surface area (Å²) in [6, 6.07) is 0.734. The number of aromatic nitrogens is 3. The molecule has 25 heavy (non-hydrogen) atoms. The van der Waals surface area contributed by atoms with Crippen LogP contribution < -0.4 is 5.56 Å². The first-order valence-electron chi connectivity index (χ1n) is 8.11. The Morgan fingerprint density at radius 2 is 2.12 bits per heavy atom. The summed E-state index contributed by atoms with van der Waals surface area (Å²) in [7, 11) is 0. The van der Waals surface area contributed by atoms with Crippen molar-refractivity contribution in [1.29, 1.82) is 0 Å². The van der Waals surface area contributed by atoms with Crippen LogP contribution in [0.2, 0.25) is 0 Å². The summed E-state index contributed by atoms with van der Waals surface area (Å²) in [4.78, 5) is 45.8. The Morgan fingerprint density at radius 1 is 1.40 bits per heavy atom. The molecule has 0 spiro atoms. The summed E-state index contributed by atoms with van der Waals surface area (Å²) in [6.45, 7) is 5.87. The maximum absolute atomic E-state index is 13.1. The molecular weight excluding hydrogens is 324 g/mol. The van der Waals surface area contributed by atoms with Gasteiger partial charge in [-0.05, 0) is 32.4 Å². The number of imidazole rings is 1. The minimum Gasteiger partial charge on any atom is -0.480 e. The van der Waals surface area contributed by atoms with Gasteiger partial charge in [-0.25, -0.2) is 9.78 Å². The highest BCUT2D eigenvalue weighted by molar-refractivity contribution is 5.97. The molecule has 0 aliphatic carbocycles. The van der Waals surface area contributed by atoms with E-state index in [2.05, 4.69) is 9.97 Å². The maximum Gasteiger partial charge on any atom is 0.326 e. The number of carbonyl (C=O) groups is 2. The number of hydrogen-bond acceptors (Lipinski definition) is 4. The number of pyridine rings is 1. The van der Waals surface area contributed by atoms with Crippen molar-refractivity contribution in [1.82, 2.24) is 19.4 Å². The second-order valence-corrected chi connectivity index (χ2v) is 6.21. The normalized spacial score (nSPS) is 16.6. The maximum atomic E-state index is 13.1. The Balaban J connectivity index is 2.09. The number of amides is 1. The third-order valence-electron chi connectivity index (χ3n) is 4.68. The van der Waals surface area contributed by atoms with E-state index in [0.717, 1.165) is 5.69 Å². The number of aromatic amines is 1. The quantitative estimate of drug-likeness (QED) is 0.858. The van der Waals surface area contributed by atoms with Gasteiger partial charge in [0.05, 0.1) is 24.3 Å². The molecule has 0 unspecified atom stereocenters. The molecule has 1 amide bonds. The molecule has 0 saturated carbocycles. The van der Waals surface area contributed by atoms with Crippen molar-refractivity contribution in [2.45, 2.75) is 46.3 Å². The predicted molar refractivity (Wildman–Crippen MR) is 89.4 cm³/mol. The Hall–Kier alpha value is -2.90. The van der Waals surface area contributed by atoms with Gasteiger partial charge in [-0.3, -0.25) is 9.59 Å². The molecule has 2 N–H and O–H groups in total. The predicted octanol–water partition coefficient (Wildman–Crippen LogP) is 0.860. The summed E-state index contributed by atoms with van der Waals surface area (Å²) in [5, 5.41) is 9.54. The van der Waals surface area contributed by atoms with E-state index in [1.807, 2.05) is 13.8 Å². The molecular formula is C17H20N4O4. The van der Waals surface area contributed by atoms with Crippen molar-refractivity contribution in [3.63, 3.8) is 0 Å². The summed E-state index contributed by atoms with van der Waals surface area (Å²) >= 11 is 0. The zero-order valence-corrected chi connectivity index (χ0v) is 14.4. The standard InChI is InChI=1S/C17H20N4O4/c1-4-20-10(3)5-9(2)14(15(20)22)16(23)21-7-12-11(18-8-19-12)6-13(21)17(24)25/h5,8,13H,4,6-7H2,1-3H3,(H,18,19)(H,24,25)/t13-/m1/s1. The SMILES string of the molecule is CCn1c(C)cc(C)c(C(=O)N2Cc3[nH]cnc3C[C@@H]2C(=O)O)c1=O. The number of nitrogens with zero attached hydrogens (tertiary/aromatic N) is 3. The van der Waals surface area contributed by atoms with Crippen LogP contribution in [0.25, 0.3) is 0 Å². The Kier molecular flexibility index (Phi) is 4.20. The number of carboxylic acids is 1. The summed E-state index contributed by atoms with van der Waals surface area (Å²) < 4.78 is 1.52. The Labute approximate surface area is 144 Å². The number of carboxylic acid groups (broad SMARTS) is 1. The van der Waals surface area contributed by atoms with Gasteiger partial charge in [0, 0.05) is 18.7 Å². The van der Waals surface area contributed by atoms with Crippen molar-refractivity contribution < 1.29 is 14.7 Å². The van der Waals surface area contributed by atoms with Crippen LogP contribution in [0.5, 0.6) is 0 Å². The van der Waals surface area contributed by atoms with Gasteiger partial charge in [0.15, 0.2) is 0 Å². The molecule has 3 heterocycles. The molecule has 1 atom stereocenters. The van der Waals surface area contributed by atoms with Gasteiger partial charge in [-0.15, -0.1) is 0 Å². The number of nitrogens with one attached hydrogen (secondary N) is 1. The first-order valence-corrected chi connectivity index (χ1v) is 8.11. The molecule has 2 aromatic heterocycles. The van der Waals surface area contributed by atoms with Crippen LogP contribution in [0.4, 0.5) is 0 Å². The highest BCUT2D eigenvalue weighted by atomic mass is 16.4. The molecule has 0 saturated heterocycles. The van der Waals surface area contributed by atoms with E-state index < -0.39 is 17.9 Å². The average Bonchev–Trinajstić information content (AvgIpc) is 3.00. The van der Waals surface area contributed by atoms with E-state index in [-0.39, 0.29) is 24.1 Å². The van der Waals surface area contributed by atoms with E-state index in [0.29, 0.717) is 23.5 Å². The van der Waals surface area contributed by atoms with E-state index in [4.69, 9.17) is 0 Å². The lowest BCUT2D eigenvalue weighted by molar-refractivity contribution is -0.142. The lowest BCUT2D eigenvalue weighted by atomic mass is 10.00. The lowest BCUT2D eigenvalue weighted by Gasteiger charge is -2.32. The minimum atomic E-state index is -1.11. The second kappa shape index (κ2) is 6.19. The molecule has 0 fully saturated rings. The number of fused-ring (bicyclic) bond motifs is 1. The van der Waals surface area contributed by atoms with Gasteiger partial charge in [0.1, 0.15) is 11.6 Å². The lowest BCUT2D eigenvalue weighted by Crippen LogP contribution is -2.50. The van der Waals surface area contributed by atoms with Crippen molar-refractivity contribution in [2.75, 3.05) is 0 Å². The number of hydrogen-bond donors (Lipinski definition) is 2. The van der Waals surface area contributed by atoms with Crippen LogP contribution >= 0.6 is 0 Å². The van der Waals surface area contributed by atoms with Gasteiger partial charge >= 0.3 is 5.97 Å². The zero-order chi connectivity index (χ0) is 18.3. The van der Waals surface area contributed by atoms with E-state index in [9.17, 15) is 19.5 Å². The number of aliphatic carboxylic acids is 1. The van der Waals surface area contributed by atoms with E-state index >= 15 is 0 Å². The molecule has 0 bridgehead atoms. The van der Waals surface area contributed by atoms with Crippen molar-refractivity contribution in [3.8, 4) is 0 Å². The van der Waals surface area contributed by atoms with Gasteiger partial charge in [-0.2, -0.15) is 0 Å². The van der Waals surface area contributed by atoms with Gasteiger partial charge in [0.25, 0.3) is 11.5 Å². The first-order chi connectivity index (χ1) is 11.8. The number of rotatable bonds is 3. The fraction of sp³-hybridized carbons (Fsp3) is 0.412. The second-order valence-electron chi connectivity index (χ2n) is 6.21. The molecule has 3 rings (SSSR count). The van der Waals surface area contributed by atoms with Crippen LogP contribution in [-0.4, -0.2) is 42.5 Å². The highest BCUT2D eigenvalue weighted by Crippen LogP contribution is 2.23. The first kappa shape index (κ1) is 16.9. The molecule has 0 radical (unpaired) electrons.